The van der Waals surface area contributed by atoms with E-state index in [9.17, 15) is 23.3 Å². The van der Waals surface area contributed by atoms with Gasteiger partial charge in [-0.25, -0.2) is 8.42 Å². The first-order valence-electron chi connectivity index (χ1n) is 10.5. The van der Waals surface area contributed by atoms with E-state index < -0.39 is 21.1 Å². The molecule has 1 amide bonds. The number of nitrogens with zero attached hydrogens (tertiary/aromatic N) is 1. The first-order chi connectivity index (χ1) is 15.2. The highest BCUT2D eigenvalue weighted by Gasteiger charge is 2.22. The van der Waals surface area contributed by atoms with Crippen molar-refractivity contribution in [3.05, 3.63) is 58.1 Å². The Kier molecular flexibility index (Phi) is 7.34. The second-order valence-corrected chi connectivity index (χ2v) is 9.57. The Labute approximate surface area is 187 Å². The van der Waals surface area contributed by atoms with Crippen LogP contribution in [0.2, 0.25) is 0 Å². The van der Waals surface area contributed by atoms with E-state index in [-0.39, 0.29) is 33.8 Å². The van der Waals surface area contributed by atoms with Gasteiger partial charge in [0, 0.05) is 12.1 Å². The molecule has 32 heavy (non-hydrogen) atoms. The van der Waals surface area contributed by atoms with Gasteiger partial charge in [-0.2, -0.15) is 0 Å². The van der Waals surface area contributed by atoms with Crippen molar-refractivity contribution in [1.29, 1.82) is 0 Å². The quantitative estimate of drug-likeness (QED) is 0.453. The Bertz CT molecular complexity index is 1080. The molecule has 2 N–H and O–H groups in total. The first-order valence-corrected chi connectivity index (χ1v) is 12.0. The van der Waals surface area contributed by atoms with Crippen LogP contribution in [0, 0.1) is 17.0 Å². The minimum Gasteiger partial charge on any atom is -0.481 e. The molecule has 1 atom stereocenters. The number of ether oxygens (including phenoxy) is 1. The molecular formula is C22H27N3O6S. The molecule has 172 valence electrons. The number of nitrogens with one attached hydrogen (secondary N) is 2. The molecule has 1 saturated carbocycles. The van der Waals surface area contributed by atoms with E-state index in [0.29, 0.717) is 5.75 Å². The van der Waals surface area contributed by atoms with Crippen LogP contribution in [0.15, 0.2) is 47.4 Å². The van der Waals surface area contributed by atoms with Gasteiger partial charge < -0.3 is 10.1 Å². The van der Waals surface area contributed by atoms with Gasteiger partial charge in [0.2, 0.25) is 0 Å². The zero-order valence-corrected chi connectivity index (χ0v) is 18.9. The van der Waals surface area contributed by atoms with Crippen molar-refractivity contribution in [2.45, 2.75) is 63.0 Å². The average Bonchev–Trinajstić information content (AvgIpc) is 2.76. The molecule has 10 heteroatoms. The summed E-state index contributed by atoms with van der Waals surface area (Å²) in [6, 6.07) is 10.0. The van der Waals surface area contributed by atoms with E-state index in [4.69, 9.17) is 4.74 Å². The van der Waals surface area contributed by atoms with Crippen molar-refractivity contribution in [1.82, 2.24) is 5.32 Å². The fourth-order valence-corrected chi connectivity index (χ4v) is 4.78. The van der Waals surface area contributed by atoms with Gasteiger partial charge in [-0.05, 0) is 57.0 Å². The number of nitro benzene ring substituents is 1. The smallest absolute Gasteiger partial charge is 0.274 e. The number of hydrogen-bond donors (Lipinski definition) is 2. The molecule has 0 heterocycles. The molecule has 2 aromatic rings. The largest absolute Gasteiger partial charge is 0.481 e. The molecule has 3 rings (SSSR count). The predicted octanol–water partition coefficient (Wildman–Crippen LogP) is 3.92. The fraction of sp³-hybridized carbons (Fsp3) is 0.409. The highest BCUT2D eigenvalue weighted by atomic mass is 32.2. The molecule has 9 nitrogen and oxygen atoms in total. The van der Waals surface area contributed by atoms with Crippen molar-refractivity contribution in [2.75, 3.05) is 4.72 Å². The van der Waals surface area contributed by atoms with Crippen molar-refractivity contribution in [3.8, 4) is 5.75 Å². The molecular weight excluding hydrogens is 434 g/mol. The van der Waals surface area contributed by atoms with Crippen LogP contribution in [0.4, 0.5) is 11.4 Å². The second kappa shape index (κ2) is 9.99. The van der Waals surface area contributed by atoms with E-state index in [0.717, 1.165) is 25.7 Å². The molecule has 0 saturated heterocycles. The zero-order valence-electron chi connectivity index (χ0n) is 18.0. The van der Waals surface area contributed by atoms with Crippen molar-refractivity contribution in [3.63, 3.8) is 0 Å². The summed E-state index contributed by atoms with van der Waals surface area (Å²) in [7, 11) is -3.97. The van der Waals surface area contributed by atoms with Gasteiger partial charge in [0.05, 0.1) is 21.1 Å². The van der Waals surface area contributed by atoms with Gasteiger partial charge in [-0.3, -0.25) is 19.6 Å². The Morgan fingerprint density at radius 2 is 1.78 bits per heavy atom. The number of amides is 1. The number of carbonyl (C=O) groups excluding carboxylic acids is 1. The number of rotatable bonds is 8. The van der Waals surface area contributed by atoms with Crippen molar-refractivity contribution < 1.29 is 22.9 Å². The topological polar surface area (TPSA) is 128 Å². The molecule has 0 unspecified atom stereocenters. The molecule has 1 aliphatic carbocycles. The summed E-state index contributed by atoms with van der Waals surface area (Å²) in [6.45, 7) is 3.13. The van der Waals surface area contributed by atoms with E-state index in [1.54, 1.807) is 6.92 Å². The number of nitro groups is 1. The lowest BCUT2D eigenvalue weighted by Crippen LogP contribution is -2.43. The van der Waals surface area contributed by atoms with Gasteiger partial charge in [-0.1, -0.05) is 25.3 Å². The Morgan fingerprint density at radius 3 is 2.41 bits per heavy atom. The van der Waals surface area contributed by atoms with Gasteiger partial charge in [0.15, 0.2) is 6.10 Å². The molecule has 0 aliphatic heterocycles. The van der Waals surface area contributed by atoms with E-state index in [1.165, 1.54) is 55.8 Å². The summed E-state index contributed by atoms with van der Waals surface area (Å²) in [5.74, 6) is 0.165. The lowest BCUT2D eigenvalue weighted by atomic mass is 9.95. The third kappa shape index (κ3) is 5.76. The standard InChI is InChI=1S/C22H27N3O6S/c1-15-20(9-6-10-21(15)25(27)28)24-32(29,30)19-13-11-18(12-14-19)31-16(2)22(26)23-17-7-4-3-5-8-17/h6,9-14,16-17,24H,3-5,7-8H2,1-2H3,(H,23,26)/t16-/m1/s1. The molecule has 0 aromatic heterocycles. The van der Waals surface area contributed by atoms with Crippen LogP contribution in [0.1, 0.15) is 44.6 Å². The summed E-state index contributed by atoms with van der Waals surface area (Å²) in [4.78, 5) is 22.8. The van der Waals surface area contributed by atoms with Crippen LogP contribution in [-0.4, -0.2) is 31.4 Å². The summed E-state index contributed by atoms with van der Waals surface area (Å²) < 4.78 is 33.5. The van der Waals surface area contributed by atoms with Crippen molar-refractivity contribution in [2.24, 2.45) is 0 Å². The van der Waals surface area contributed by atoms with Crippen LogP contribution in [0.5, 0.6) is 5.75 Å². The molecule has 0 radical (unpaired) electrons. The highest BCUT2D eigenvalue weighted by Crippen LogP contribution is 2.27. The predicted molar refractivity (Wildman–Crippen MR) is 120 cm³/mol. The maximum absolute atomic E-state index is 12.7. The lowest BCUT2D eigenvalue weighted by molar-refractivity contribution is -0.385. The summed E-state index contributed by atoms with van der Waals surface area (Å²) in [5.41, 5.74) is 0.181. The Balaban J connectivity index is 1.65. The molecule has 1 aliphatic rings. The lowest BCUT2D eigenvalue weighted by Gasteiger charge is -2.24. The zero-order chi connectivity index (χ0) is 23.3. The second-order valence-electron chi connectivity index (χ2n) is 7.89. The SMILES string of the molecule is Cc1c(NS(=O)(=O)c2ccc(O[C@H](C)C(=O)NC3CCCCC3)cc2)cccc1[N+](=O)[O-]. The summed E-state index contributed by atoms with van der Waals surface area (Å²) in [5, 5.41) is 14.1. The van der Waals surface area contributed by atoms with Crippen LogP contribution in [-0.2, 0) is 14.8 Å². The number of sulfonamides is 1. The summed E-state index contributed by atoms with van der Waals surface area (Å²) >= 11 is 0. The van der Waals surface area contributed by atoms with Crippen LogP contribution in [0.3, 0.4) is 0 Å². The average molecular weight is 462 g/mol. The van der Waals surface area contributed by atoms with Crippen molar-refractivity contribution >= 4 is 27.3 Å². The highest BCUT2D eigenvalue weighted by molar-refractivity contribution is 7.92. The van der Waals surface area contributed by atoms with E-state index >= 15 is 0 Å². The number of benzene rings is 2. The molecule has 2 aromatic carbocycles. The number of anilines is 1. The van der Waals surface area contributed by atoms with Crippen LogP contribution in [0.25, 0.3) is 0 Å². The van der Waals surface area contributed by atoms with Gasteiger partial charge in [0.25, 0.3) is 21.6 Å². The summed E-state index contributed by atoms with van der Waals surface area (Å²) in [6.07, 6.45) is 4.65. The molecule has 1 fully saturated rings. The number of hydrogen-bond acceptors (Lipinski definition) is 6. The third-order valence-corrected chi connectivity index (χ3v) is 6.90. The van der Waals surface area contributed by atoms with Gasteiger partial charge in [0.1, 0.15) is 5.75 Å². The molecule has 0 bridgehead atoms. The minimum absolute atomic E-state index is 0.0323. The Morgan fingerprint density at radius 1 is 1.12 bits per heavy atom. The van der Waals surface area contributed by atoms with E-state index in [2.05, 4.69) is 10.0 Å². The van der Waals surface area contributed by atoms with Gasteiger partial charge in [-0.15, -0.1) is 0 Å². The number of carbonyl (C=O) groups is 1. The Hall–Kier alpha value is -3.14. The minimum atomic E-state index is -3.97. The van der Waals surface area contributed by atoms with Crippen LogP contribution < -0.4 is 14.8 Å². The van der Waals surface area contributed by atoms with Crippen LogP contribution >= 0.6 is 0 Å². The third-order valence-electron chi connectivity index (χ3n) is 5.51. The van der Waals surface area contributed by atoms with Gasteiger partial charge >= 0.3 is 0 Å². The molecule has 0 spiro atoms. The monoisotopic (exact) mass is 461 g/mol. The first kappa shape index (κ1) is 23.5. The van der Waals surface area contributed by atoms with E-state index in [1.807, 2.05) is 0 Å². The fourth-order valence-electron chi connectivity index (χ4n) is 3.66. The maximum Gasteiger partial charge on any atom is 0.274 e. The normalized spacial score (nSPS) is 15.6. The maximum atomic E-state index is 12.7.